The van der Waals surface area contributed by atoms with Crippen LogP contribution in [-0.4, -0.2) is 24.8 Å². The average molecular weight is 311 g/mol. The van der Waals surface area contributed by atoms with Gasteiger partial charge in [-0.3, -0.25) is 4.98 Å². The molecule has 0 aliphatic rings. The molecule has 0 radical (unpaired) electrons. The van der Waals surface area contributed by atoms with Crippen LogP contribution in [0.3, 0.4) is 0 Å². The van der Waals surface area contributed by atoms with Crippen LogP contribution in [0.25, 0.3) is 17.0 Å². The van der Waals surface area contributed by atoms with Crippen LogP contribution in [0.15, 0.2) is 35.1 Å². The van der Waals surface area contributed by atoms with E-state index in [-0.39, 0.29) is 0 Å². The molecule has 0 N–H and O–H groups in total. The SMILES string of the molecule is Clc1ccc2nnc(-c3cncc(Br)c3)n2n1. The zero-order valence-electron chi connectivity index (χ0n) is 8.38. The van der Waals surface area contributed by atoms with Gasteiger partial charge in [-0.15, -0.1) is 10.2 Å². The molecule has 0 aliphatic carbocycles. The van der Waals surface area contributed by atoms with Crippen molar-refractivity contribution in [1.29, 1.82) is 0 Å². The maximum atomic E-state index is 5.85. The molecule has 0 amide bonds. The van der Waals surface area contributed by atoms with Gasteiger partial charge in [-0.25, -0.2) is 0 Å². The lowest BCUT2D eigenvalue weighted by Gasteiger charge is -1.99. The van der Waals surface area contributed by atoms with Gasteiger partial charge in [0.05, 0.1) is 0 Å². The maximum Gasteiger partial charge on any atom is 0.187 e. The maximum absolute atomic E-state index is 5.85. The lowest BCUT2D eigenvalue weighted by molar-refractivity contribution is 0.935. The Morgan fingerprint density at radius 3 is 2.88 bits per heavy atom. The van der Waals surface area contributed by atoms with Gasteiger partial charge in [-0.2, -0.15) is 9.61 Å². The first-order chi connectivity index (χ1) is 8.24. The van der Waals surface area contributed by atoms with E-state index in [1.54, 1.807) is 29.0 Å². The fourth-order valence-corrected chi connectivity index (χ4v) is 1.98. The molecule has 3 aromatic rings. The Labute approximate surface area is 110 Å². The summed E-state index contributed by atoms with van der Waals surface area (Å²) in [5.74, 6) is 0.608. The van der Waals surface area contributed by atoms with Gasteiger partial charge in [-0.05, 0) is 34.1 Å². The summed E-state index contributed by atoms with van der Waals surface area (Å²) in [6, 6.07) is 5.33. The van der Waals surface area contributed by atoms with E-state index in [0.717, 1.165) is 10.0 Å². The van der Waals surface area contributed by atoms with Crippen LogP contribution in [0.5, 0.6) is 0 Å². The minimum atomic E-state index is 0.390. The third-order valence-corrected chi connectivity index (χ3v) is 2.83. The molecule has 3 aromatic heterocycles. The van der Waals surface area contributed by atoms with E-state index in [0.29, 0.717) is 16.6 Å². The summed E-state index contributed by atoms with van der Waals surface area (Å²) < 4.78 is 2.46. The lowest BCUT2D eigenvalue weighted by atomic mass is 10.3. The Morgan fingerprint density at radius 1 is 1.18 bits per heavy atom. The Hall–Kier alpha value is -1.53. The number of nitrogens with zero attached hydrogens (tertiary/aromatic N) is 5. The van der Waals surface area contributed by atoms with Gasteiger partial charge in [-0.1, -0.05) is 11.6 Å². The minimum Gasteiger partial charge on any atom is -0.263 e. The molecule has 0 aromatic carbocycles. The molecule has 0 aliphatic heterocycles. The third-order valence-electron chi connectivity index (χ3n) is 2.19. The summed E-state index contributed by atoms with van der Waals surface area (Å²) in [6.07, 6.45) is 3.40. The van der Waals surface area contributed by atoms with E-state index in [1.807, 2.05) is 6.07 Å². The lowest BCUT2D eigenvalue weighted by Crippen LogP contribution is -1.95. The second-order valence-corrected chi connectivity index (χ2v) is 4.64. The molecular weight excluding hydrogens is 306 g/mol. The molecule has 0 atom stereocenters. The molecule has 0 fully saturated rings. The van der Waals surface area contributed by atoms with Crippen molar-refractivity contribution >= 4 is 33.2 Å². The first-order valence-corrected chi connectivity index (χ1v) is 5.90. The van der Waals surface area contributed by atoms with Crippen molar-refractivity contribution in [2.75, 3.05) is 0 Å². The van der Waals surface area contributed by atoms with E-state index >= 15 is 0 Å². The van der Waals surface area contributed by atoms with E-state index in [2.05, 4.69) is 36.2 Å². The number of fused-ring (bicyclic) bond motifs is 1. The van der Waals surface area contributed by atoms with Gasteiger partial charge < -0.3 is 0 Å². The zero-order chi connectivity index (χ0) is 11.8. The largest absolute Gasteiger partial charge is 0.263 e. The second-order valence-electron chi connectivity index (χ2n) is 3.34. The van der Waals surface area contributed by atoms with Crippen molar-refractivity contribution in [3.05, 3.63) is 40.2 Å². The molecule has 3 heterocycles. The van der Waals surface area contributed by atoms with E-state index < -0.39 is 0 Å². The normalized spacial score (nSPS) is 10.9. The number of halogens is 2. The van der Waals surface area contributed by atoms with E-state index in [4.69, 9.17) is 11.6 Å². The number of hydrogen-bond acceptors (Lipinski definition) is 4. The Balaban J connectivity index is 2.27. The molecule has 17 heavy (non-hydrogen) atoms. The van der Waals surface area contributed by atoms with Crippen LogP contribution in [0.2, 0.25) is 5.15 Å². The van der Waals surface area contributed by atoms with Crippen molar-refractivity contribution in [3.63, 3.8) is 0 Å². The van der Waals surface area contributed by atoms with Crippen molar-refractivity contribution < 1.29 is 0 Å². The first-order valence-electron chi connectivity index (χ1n) is 4.73. The van der Waals surface area contributed by atoms with Gasteiger partial charge in [0.2, 0.25) is 0 Å². The molecule has 0 bridgehead atoms. The summed E-state index contributed by atoms with van der Waals surface area (Å²) in [6.45, 7) is 0. The number of aromatic nitrogens is 5. The van der Waals surface area contributed by atoms with Crippen LogP contribution >= 0.6 is 27.5 Å². The molecule has 0 saturated heterocycles. The molecule has 0 unspecified atom stereocenters. The fourth-order valence-electron chi connectivity index (χ4n) is 1.48. The molecule has 84 valence electrons. The Morgan fingerprint density at radius 2 is 2.06 bits per heavy atom. The summed E-state index contributed by atoms with van der Waals surface area (Å²) >= 11 is 9.21. The molecule has 7 heteroatoms. The smallest absolute Gasteiger partial charge is 0.187 e. The van der Waals surface area contributed by atoms with E-state index in [1.165, 1.54) is 0 Å². The summed E-state index contributed by atoms with van der Waals surface area (Å²) in [5.41, 5.74) is 1.46. The van der Waals surface area contributed by atoms with Crippen LogP contribution in [-0.2, 0) is 0 Å². The second kappa shape index (κ2) is 4.05. The number of pyridine rings is 1. The summed E-state index contributed by atoms with van der Waals surface area (Å²) in [7, 11) is 0. The highest BCUT2D eigenvalue weighted by atomic mass is 79.9. The monoisotopic (exact) mass is 309 g/mol. The molecule has 0 spiro atoms. The minimum absolute atomic E-state index is 0.390. The Kier molecular flexibility index (Phi) is 2.53. The topological polar surface area (TPSA) is 56.0 Å². The fraction of sp³-hybridized carbons (Fsp3) is 0. The first kappa shape index (κ1) is 10.6. The predicted octanol–water partition coefficient (Wildman–Crippen LogP) is 2.60. The van der Waals surface area contributed by atoms with Crippen molar-refractivity contribution in [1.82, 2.24) is 24.8 Å². The quantitative estimate of drug-likeness (QED) is 0.693. The number of hydrogen-bond donors (Lipinski definition) is 0. The highest BCUT2D eigenvalue weighted by Crippen LogP contribution is 2.20. The predicted molar refractivity (Wildman–Crippen MR) is 66.7 cm³/mol. The van der Waals surface area contributed by atoms with Crippen LogP contribution < -0.4 is 0 Å². The van der Waals surface area contributed by atoms with Crippen molar-refractivity contribution in [2.45, 2.75) is 0 Å². The van der Waals surface area contributed by atoms with Gasteiger partial charge in [0.15, 0.2) is 11.5 Å². The third kappa shape index (κ3) is 1.89. The van der Waals surface area contributed by atoms with Gasteiger partial charge in [0.1, 0.15) is 5.15 Å². The average Bonchev–Trinajstić information content (AvgIpc) is 2.71. The summed E-state index contributed by atoms with van der Waals surface area (Å²) in [5, 5.41) is 12.6. The standard InChI is InChI=1S/C10H5BrClN5/c11-7-3-6(4-13-5-7)10-15-14-9-2-1-8(12)16-17(9)10/h1-5H. The zero-order valence-corrected chi connectivity index (χ0v) is 10.7. The molecule has 5 nitrogen and oxygen atoms in total. The van der Waals surface area contributed by atoms with Gasteiger partial charge >= 0.3 is 0 Å². The van der Waals surface area contributed by atoms with Crippen LogP contribution in [0.1, 0.15) is 0 Å². The van der Waals surface area contributed by atoms with Crippen molar-refractivity contribution in [2.24, 2.45) is 0 Å². The van der Waals surface area contributed by atoms with Gasteiger partial charge in [0, 0.05) is 22.4 Å². The highest BCUT2D eigenvalue weighted by Gasteiger charge is 2.10. The van der Waals surface area contributed by atoms with Gasteiger partial charge in [0.25, 0.3) is 0 Å². The van der Waals surface area contributed by atoms with E-state index in [9.17, 15) is 0 Å². The van der Waals surface area contributed by atoms with Crippen LogP contribution in [0.4, 0.5) is 0 Å². The Bertz CT molecular complexity index is 696. The number of rotatable bonds is 1. The molecule has 0 saturated carbocycles. The summed E-state index contributed by atoms with van der Waals surface area (Å²) in [4.78, 5) is 4.08. The highest BCUT2D eigenvalue weighted by molar-refractivity contribution is 9.10. The molecular formula is C10H5BrClN5. The molecule has 3 rings (SSSR count). The van der Waals surface area contributed by atoms with Crippen LogP contribution in [0, 0.1) is 0 Å². The van der Waals surface area contributed by atoms with Crippen molar-refractivity contribution in [3.8, 4) is 11.4 Å².